The molecule has 0 saturated heterocycles. The molecule has 0 spiro atoms. The van der Waals surface area contributed by atoms with Crippen LogP contribution >= 0.6 is 13.6 Å². The van der Waals surface area contributed by atoms with E-state index in [1.165, 1.54) is 28.5 Å². The zero-order valence-corrected chi connectivity index (χ0v) is 12.6. The number of halogens is 2. The van der Waals surface area contributed by atoms with E-state index < -0.39 is 0 Å². The van der Waals surface area contributed by atoms with Crippen LogP contribution in [0.1, 0.15) is 0 Å². The van der Waals surface area contributed by atoms with Gasteiger partial charge in [-0.15, -0.1) is 5.56 Å². The Bertz CT molecular complexity index is 403. The van der Waals surface area contributed by atoms with Crippen molar-refractivity contribution >= 4 is 13.6 Å². The zero-order chi connectivity index (χ0) is 11.1. The van der Waals surface area contributed by atoms with Gasteiger partial charge in [-0.3, -0.25) is 0 Å². The second-order valence-corrected chi connectivity index (χ2v) is 2.80. The molecule has 0 bridgehead atoms. The normalized spacial score (nSPS) is 9.07. The summed E-state index contributed by atoms with van der Waals surface area (Å²) in [5.74, 6) is -0.203. The maximum atomic E-state index is 12.8. The average molecular weight is 316 g/mol. The Kier molecular flexibility index (Phi) is 5.74. The fourth-order valence-electron chi connectivity index (χ4n) is 1.25. The fourth-order valence-corrected chi connectivity index (χ4v) is 1.25. The van der Waals surface area contributed by atoms with Crippen molar-refractivity contribution in [3.63, 3.8) is 0 Å². The first-order valence-electron chi connectivity index (χ1n) is 4.35. The molecule has 0 aromatic heterocycles. The van der Waals surface area contributed by atoms with Crippen LogP contribution in [0.4, 0.5) is 4.39 Å². The SMILES string of the molecule is Fc1cccc(-c2cc[c-]cc2)c1.[Zn+][Br]. The average Bonchev–Trinajstić information content (AvgIpc) is 2.33. The fraction of sp³-hybridized carbons (Fsp3) is 0. The monoisotopic (exact) mass is 314 g/mol. The molecule has 0 atom stereocenters. The van der Waals surface area contributed by atoms with Crippen LogP contribution in [-0.2, 0) is 16.3 Å². The van der Waals surface area contributed by atoms with Crippen LogP contribution in [0, 0.1) is 11.9 Å². The van der Waals surface area contributed by atoms with Crippen molar-refractivity contribution in [1.82, 2.24) is 0 Å². The minimum atomic E-state index is -0.203. The summed E-state index contributed by atoms with van der Waals surface area (Å²) in [5.41, 5.74) is 1.91. The summed E-state index contributed by atoms with van der Waals surface area (Å²) in [6, 6.07) is 16.9. The van der Waals surface area contributed by atoms with Gasteiger partial charge in [0.05, 0.1) is 0 Å². The van der Waals surface area contributed by atoms with Crippen LogP contribution in [0.2, 0.25) is 0 Å². The number of benzene rings is 2. The number of hydrogen-bond acceptors (Lipinski definition) is 0. The third-order valence-corrected chi connectivity index (χ3v) is 1.88. The van der Waals surface area contributed by atoms with Crippen LogP contribution in [0.15, 0.2) is 48.5 Å². The molecule has 0 N–H and O–H groups in total. The Hall–Kier alpha value is -0.527. The molecule has 0 nitrogen and oxygen atoms in total. The summed E-state index contributed by atoms with van der Waals surface area (Å²) in [7, 11) is 0. The van der Waals surface area contributed by atoms with Crippen LogP contribution in [0.5, 0.6) is 0 Å². The molecule has 0 radical (unpaired) electrons. The Morgan fingerprint density at radius 3 is 2.27 bits per heavy atom. The van der Waals surface area contributed by atoms with Crippen molar-refractivity contribution in [1.29, 1.82) is 0 Å². The van der Waals surface area contributed by atoms with Gasteiger partial charge >= 0.3 is 30.0 Å². The van der Waals surface area contributed by atoms with E-state index in [2.05, 4.69) is 19.7 Å². The molecule has 0 unspecified atom stereocenters. The van der Waals surface area contributed by atoms with Crippen LogP contribution in [0.25, 0.3) is 11.1 Å². The van der Waals surface area contributed by atoms with Crippen LogP contribution in [-0.4, -0.2) is 0 Å². The first-order chi connectivity index (χ1) is 7.36. The summed E-state index contributed by atoms with van der Waals surface area (Å²) >= 11 is 4.25. The van der Waals surface area contributed by atoms with E-state index in [1.54, 1.807) is 6.07 Å². The predicted molar refractivity (Wildman–Crippen MR) is 59.6 cm³/mol. The molecule has 0 aliphatic rings. The molecule has 2 aromatic rings. The van der Waals surface area contributed by atoms with Gasteiger partial charge in [0.25, 0.3) is 0 Å². The quantitative estimate of drug-likeness (QED) is 0.548. The van der Waals surface area contributed by atoms with E-state index in [1.807, 2.05) is 30.3 Å². The van der Waals surface area contributed by atoms with Gasteiger partial charge in [0.15, 0.2) is 0 Å². The molecule has 0 amide bonds. The zero-order valence-electron chi connectivity index (χ0n) is 8.08. The van der Waals surface area contributed by atoms with Gasteiger partial charge in [-0.25, -0.2) is 4.39 Å². The molecule has 0 saturated carbocycles. The van der Waals surface area contributed by atoms with Gasteiger partial charge in [0.1, 0.15) is 5.82 Å². The summed E-state index contributed by atoms with van der Waals surface area (Å²) < 4.78 is 12.8. The molecule has 0 heterocycles. The van der Waals surface area contributed by atoms with Crippen molar-refractivity contribution in [2.24, 2.45) is 0 Å². The van der Waals surface area contributed by atoms with Gasteiger partial charge in [-0.2, -0.15) is 30.3 Å². The van der Waals surface area contributed by atoms with Crippen molar-refractivity contribution in [2.75, 3.05) is 0 Å². The van der Waals surface area contributed by atoms with Crippen molar-refractivity contribution in [3.8, 4) is 11.1 Å². The topological polar surface area (TPSA) is 0 Å². The van der Waals surface area contributed by atoms with Gasteiger partial charge in [0.2, 0.25) is 0 Å². The van der Waals surface area contributed by atoms with E-state index in [9.17, 15) is 4.39 Å². The van der Waals surface area contributed by atoms with E-state index in [0.29, 0.717) is 0 Å². The summed E-state index contributed by atoms with van der Waals surface area (Å²) in [6.07, 6.45) is 0. The third kappa shape index (κ3) is 3.85. The van der Waals surface area contributed by atoms with Gasteiger partial charge in [0, 0.05) is 0 Å². The molecule has 0 aliphatic heterocycles. The summed E-state index contributed by atoms with van der Waals surface area (Å²) in [4.78, 5) is 0. The molecular formula is C12H8BrFZn. The Morgan fingerprint density at radius 2 is 1.67 bits per heavy atom. The second kappa shape index (κ2) is 6.87. The molecule has 3 heteroatoms. The number of hydrogen-bond donors (Lipinski definition) is 0. The Balaban J connectivity index is 0.000000531. The molecule has 0 fully saturated rings. The third-order valence-electron chi connectivity index (χ3n) is 1.88. The van der Waals surface area contributed by atoms with Gasteiger partial charge in [-0.05, 0) is 17.7 Å². The first-order valence-corrected chi connectivity index (χ1v) is 11.3. The van der Waals surface area contributed by atoms with Gasteiger partial charge < -0.3 is 0 Å². The second-order valence-electron chi connectivity index (χ2n) is 2.80. The Labute approximate surface area is 106 Å². The van der Waals surface area contributed by atoms with Crippen molar-refractivity contribution < 1.29 is 20.7 Å². The molecular weight excluding hydrogens is 308 g/mol. The van der Waals surface area contributed by atoms with Crippen molar-refractivity contribution in [3.05, 3.63) is 60.4 Å². The standard InChI is InChI=1S/C12H8F.BrH.Zn/c13-12-8-4-7-11(9-12)10-5-2-1-3-6-10;;/h2-9H;1H;/q-1;;+2/p-1. The van der Waals surface area contributed by atoms with E-state index >= 15 is 0 Å². The van der Waals surface area contributed by atoms with E-state index in [4.69, 9.17) is 0 Å². The van der Waals surface area contributed by atoms with E-state index in [-0.39, 0.29) is 5.82 Å². The van der Waals surface area contributed by atoms with Gasteiger partial charge in [-0.1, -0.05) is 12.1 Å². The summed E-state index contributed by atoms with van der Waals surface area (Å²) in [6.45, 7) is 0. The predicted octanol–water partition coefficient (Wildman–Crippen LogP) is 4.14. The Morgan fingerprint density at radius 1 is 1.00 bits per heavy atom. The van der Waals surface area contributed by atoms with E-state index in [0.717, 1.165) is 11.1 Å². The minimum absolute atomic E-state index is 0.203. The maximum absolute atomic E-state index is 12.8. The molecule has 15 heavy (non-hydrogen) atoms. The molecule has 0 aliphatic carbocycles. The molecule has 72 valence electrons. The summed E-state index contributed by atoms with van der Waals surface area (Å²) in [5, 5.41) is 0. The molecule has 2 rings (SSSR count). The van der Waals surface area contributed by atoms with Crippen LogP contribution in [0.3, 0.4) is 0 Å². The van der Waals surface area contributed by atoms with Crippen LogP contribution < -0.4 is 0 Å². The molecule has 2 aromatic carbocycles. The van der Waals surface area contributed by atoms with Crippen molar-refractivity contribution in [2.45, 2.75) is 0 Å². The number of rotatable bonds is 1. The first kappa shape index (κ1) is 12.5.